The van der Waals surface area contributed by atoms with Gasteiger partial charge in [-0.1, -0.05) is 30.3 Å². The fraction of sp³-hybridized carbons (Fsp3) is 0.125. The lowest BCUT2D eigenvalue weighted by Gasteiger charge is -2.17. The Balaban J connectivity index is 2.07. The molecule has 31 heavy (non-hydrogen) atoms. The third kappa shape index (κ3) is 3.45. The van der Waals surface area contributed by atoms with Crippen LogP contribution in [0.5, 0.6) is 11.5 Å². The molecule has 0 fully saturated rings. The third-order valence-corrected chi connectivity index (χ3v) is 5.14. The molecule has 0 amide bonds. The minimum absolute atomic E-state index is 0.135. The number of ether oxygens (including phenoxy) is 2. The molecule has 0 aliphatic carbocycles. The lowest BCUT2D eigenvalue weighted by atomic mass is 10.1. The van der Waals surface area contributed by atoms with E-state index in [-0.39, 0.29) is 12.2 Å². The van der Waals surface area contributed by atoms with Crippen molar-refractivity contribution in [2.24, 2.45) is 0 Å². The second-order valence-electron chi connectivity index (χ2n) is 6.83. The first kappa shape index (κ1) is 20.0. The van der Waals surface area contributed by atoms with Gasteiger partial charge in [-0.25, -0.2) is 9.36 Å². The van der Waals surface area contributed by atoms with E-state index in [1.165, 1.54) is 18.8 Å². The summed E-state index contributed by atoms with van der Waals surface area (Å²) >= 11 is 0. The average Bonchev–Trinajstić information content (AvgIpc) is 2.82. The Morgan fingerprint density at radius 3 is 2.42 bits per heavy atom. The van der Waals surface area contributed by atoms with Gasteiger partial charge in [0.15, 0.2) is 0 Å². The van der Waals surface area contributed by atoms with Crippen LogP contribution in [0.2, 0.25) is 0 Å². The minimum Gasteiger partial charge on any atom is -0.497 e. The number of nitriles is 1. The topological polar surface area (TPSA) is 86.2 Å². The molecule has 1 heterocycles. The van der Waals surface area contributed by atoms with E-state index < -0.39 is 11.2 Å². The van der Waals surface area contributed by atoms with E-state index >= 15 is 0 Å². The van der Waals surface area contributed by atoms with Gasteiger partial charge in [0, 0.05) is 6.07 Å². The van der Waals surface area contributed by atoms with Crippen LogP contribution in [0.4, 0.5) is 0 Å². The maximum Gasteiger partial charge on any atom is 0.336 e. The monoisotopic (exact) mass is 413 g/mol. The second kappa shape index (κ2) is 8.20. The van der Waals surface area contributed by atoms with Crippen LogP contribution < -0.4 is 20.7 Å². The van der Waals surface area contributed by atoms with Gasteiger partial charge in [-0.15, -0.1) is 0 Å². The number of fused-ring (bicyclic) bond motifs is 1. The van der Waals surface area contributed by atoms with E-state index in [1.807, 2.05) is 6.07 Å². The highest BCUT2D eigenvalue weighted by atomic mass is 16.5. The first-order chi connectivity index (χ1) is 15.1. The fourth-order valence-electron chi connectivity index (χ4n) is 3.60. The molecular weight excluding hydrogens is 394 g/mol. The number of hydrogen-bond donors (Lipinski definition) is 0. The lowest BCUT2D eigenvalue weighted by Crippen LogP contribution is -2.39. The summed E-state index contributed by atoms with van der Waals surface area (Å²) in [4.78, 5) is 27.0. The molecule has 0 aliphatic heterocycles. The summed E-state index contributed by atoms with van der Waals surface area (Å²) in [6.45, 7) is 0.135. The molecule has 0 radical (unpaired) electrons. The normalized spacial score (nSPS) is 10.6. The maximum absolute atomic E-state index is 13.6. The van der Waals surface area contributed by atoms with Crippen LogP contribution in [-0.4, -0.2) is 23.4 Å². The van der Waals surface area contributed by atoms with Crippen molar-refractivity contribution in [1.29, 1.82) is 5.26 Å². The van der Waals surface area contributed by atoms with E-state index in [0.717, 1.165) is 4.57 Å². The van der Waals surface area contributed by atoms with E-state index in [2.05, 4.69) is 6.07 Å². The summed E-state index contributed by atoms with van der Waals surface area (Å²) in [6, 6.07) is 21.1. The molecule has 0 saturated carbocycles. The summed E-state index contributed by atoms with van der Waals surface area (Å²) in [5.74, 6) is 0.843. The first-order valence-corrected chi connectivity index (χ1v) is 9.54. The molecular formula is C24H19N3O4. The van der Waals surface area contributed by atoms with Gasteiger partial charge in [0.25, 0.3) is 5.56 Å². The number of rotatable bonds is 5. The number of hydrogen-bond acceptors (Lipinski definition) is 5. The molecule has 7 nitrogen and oxygen atoms in total. The molecule has 1 aromatic heterocycles. The molecule has 3 aromatic carbocycles. The average molecular weight is 413 g/mol. The second-order valence-corrected chi connectivity index (χ2v) is 6.83. The van der Waals surface area contributed by atoms with E-state index in [0.29, 0.717) is 33.5 Å². The standard InChI is InChI=1S/C24H19N3O4/c1-30-18-11-12-22(31-2)21(13-18)27-23(28)19-9-5-6-10-20(19)26(24(27)29)15-17-8-4-3-7-16(17)14-25/h3-13H,15H2,1-2H3. The van der Waals surface area contributed by atoms with Crippen molar-refractivity contribution in [3.8, 4) is 23.3 Å². The van der Waals surface area contributed by atoms with Crippen molar-refractivity contribution in [3.63, 3.8) is 0 Å². The summed E-state index contributed by atoms with van der Waals surface area (Å²) in [5.41, 5.74) is 0.920. The summed E-state index contributed by atoms with van der Waals surface area (Å²) in [5, 5.41) is 9.84. The highest BCUT2D eigenvalue weighted by molar-refractivity contribution is 5.78. The highest BCUT2D eigenvalue weighted by Gasteiger charge is 2.18. The lowest BCUT2D eigenvalue weighted by molar-refractivity contribution is 0.400. The summed E-state index contributed by atoms with van der Waals surface area (Å²) in [6.07, 6.45) is 0. The molecule has 4 aromatic rings. The highest BCUT2D eigenvalue weighted by Crippen LogP contribution is 2.26. The Hall–Kier alpha value is -4.31. The van der Waals surface area contributed by atoms with Crippen molar-refractivity contribution in [2.75, 3.05) is 14.2 Å². The predicted octanol–water partition coefficient (Wildman–Crippen LogP) is 3.09. The number of nitrogens with zero attached hydrogens (tertiary/aromatic N) is 3. The predicted molar refractivity (Wildman–Crippen MR) is 117 cm³/mol. The largest absolute Gasteiger partial charge is 0.497 e. The fourth-order valence-corrected chi connectivity index (χ4v) is 3.60. The van der Waals surface area contributed by atoms with Crippen LogP contribution in [0.25, 0.3) is 16.6 Å². The van der Waals surface area contributed by atoms with Gasteiger partial charge in [0.05, 0.1) is 49.0 Å². The smallest absolute Gasteiger partial charge is 0.336 e. The number of benzene rings is 3. The van der Waals surface area contributed by atoms with Crippen LogP contribution in [0.1, 0.15) is 11.1 Å². The van der Waals surface area contributed by atoms with E-state index in [9.17, 15) is 14.9 Å². The Bertz CT molecular complexity index is 1440. The quantitative estimate of drug-likeness (QED) is 0.502. The minimum atomic E-state index is -0.539. The zero-order chi connectivity index (χ0) is 22.0. The van der Waals surface area contributed by atoms with Crippen LogP contribution in [-0.2, 0) is 6.54 Å². The maximum atomic E-state index is 13.6. The van der Waals surface area contributed by atoms with Gasteiger partial charge >= 0.3 is 5.69 Å². The van der Waals surface area contributed by atoms with Gasteiger partial charge in [-0.2, -0.15) is 5.26 Å². The van der Waals surface area contributed by atoms with Gasteiger partial charge in [0.1, 0.15) is 11.5 Å². The van der Waals surface area contributed by atoms with Gasteiger partial charge < -0.3 is 9.47 Å². The molecule has 0 spiro atoms. The Morgan fingerprint density at radius 1 is 0.935 bits per heavy atom. The van der Waals surface area contributed by atoms with Crippen molar-refractivity contribution in [1.82, 2.24) is 9.13 Å². The molecule has 0 bridgehead atoms. The number of para-hydroxylation sites is 1. The first-order valence-electron chi connectivity index (χ1n) is 9.54. The molecule has 0 unspecified atom stereocenters. The van der Waals surface area contributed by atoms with Crippen LogP contribution in [0, 0.1) is 11.3 Å². The number of aromatic nitrogens is 2. The van der Waals surface area contributed by atoms with E-state index in [1.54, 1.807) is 60.7 Å². The Morgan fingerprint density at radius 2 is 1.68 bits per heavy atom. The summed E-state index contributed by atoms with van der Waals surface area (Å²) < 4.78 is 13.3. The zero-order valence-corrected chi connectivity index (χ0v) is 17.0. The van der Waals surface area contributed by atoms with E-state index in [4.69, 9.17) is 9.47 Å². The molecule has 0 aliphatic rings. The molecule has 0 atom stereocenters. The molecule has 4 rings (SSSR count). The summed E-state index contributed by atoms with van der Waals surface area (Å²) in [7, 11) is 2.98. The van der Waals surface area contributed by atoms with Crippen LogP contribution in [0.15, 0.2) is 76.3 Å². The van der Waals surface area contributed by atoms with Crippen molar-refractivity contribution in [2.45, 2.75) is 6.54 Å². The SMILES string of the molecule is COc1ccc(OC)c(-n2c(=O)c3ccccc3n(Cc3ccccc3C#N)c2=O)c1. The van der Waals surface area contributed by atoms with Gasteiger partial charge in [-0.3, -0.25) is 9.36 Å². The number of methoxy groups -OCH3 is 2. The zero-order valence-electron chi connectivity index (χ0n) is 17.0. The third-order valence-electron chi connectivity index (χ3n) is 5.14. The van der Waals surface area contributed by atoms with Crippen molar-refractivity contribution < 1.29 is 9.47 Å². The molecule has 154 valence electrons. The van der Waals surface area contributed by atoms with Crippen molar-refractivity contribution in [3.05, 3.63) is 98.7 Å². The molecule has 0 saturated heterocycles. The van der Waals surface area contributed by atoms with Gasteiger partial charge in [0.2, 0.25) is 0 Å². The van der Waals surface area contributed by atoms with Crippen LogP contribution in [0.3, 0.4) is 0 Å². The molecule has 0 N–H and O–H groups in total. The van der Waals surface area contributed by atoms with Crippen molar-refractivity contribution >= 4 is 10.9 Å². The Kier molecular flexibility index (Phi) is 5.29. The van der Waals surface area contributed by atoms with Crippen LogP contribution >= 0.6 is 0 Å². The molecule has 7 heteroatoms. The van der Waals surface area contributed by atoms with Gasteiger partial charge in [-0.05, 0) is 35.9 Å². The Labute approximate surface area is 177 Å².